The lowest BCUT2D eigenvalue weighted by molar-refractivity contribution is -0.138. The smallest absolute Gasteiger partial charge is 0.330 e. The standard InChI is InChI=1S/C23H20N2O3/c1-2-16-12-18(14-21(13-16)28-20-6-4-3-5-7-20)22(23(26)27)25-19-10-8-17(15-24)9-11-19/h3-14,22,25H,2H2,1H3,(H,26,27). The maximum atomic E-state index is 11.9. The molecule has 0 saturated heterocycles. The molecular formula is C23H20N2O3. The molecule has 0 aromatic heterocycles. The lowest BCUT2D eigenvalue weighted by atomic mass is 10.0. The number of hydrogen-bond donors (Lipinski definition) is 2. The monoisotopic (exact) mass is 372 g/mol. The van der Waals surface area contributed by atoms with E-state index in [1.165, 1.54) is 0 Å². The van der Waals surface area contributed by atoms with Crippen molar-refractivity contribution in [1.82, 2.24) is 0 Å². The van der Waals surface area contributed by atoms with Gasteiger partial charge in [-0.15, -0.1) is 0 Å². The molecular weight excluding hydrogens is 352 g/mol. The number of carboxylic acid groups (broad SMARTS) is 1. The summed E-state index contributed by atoms with van der Waals surface area (Å²) < 4.78 is 5.92. The Hall–Kier alpha value is -3.78. The molecule has 1 atom stereocenters. The quantitative estimate of drug-likeness (QED) is 0.599. The van der Waals surface area contributed by atoms with Crippen molar-refractivity contribution in [3.05, 3.63) is 89.5 Å². The molecule has 5 nitrogen and oxygen atoms in total. The average molecular weight is 372 g/mol. The van der Waals surface area contributed by atoms with Gasteiger partial charge in [-0.25, -0.2) is 4.79 Å². The minimum absolute atomic E-state index is 0.518. The fraction of sp³-hybridized carbons (Fsp3) is 0.130. The first-order valence-corrected chi connectivity index (χ1v) is 8.95. The van der Waals surface area contributed by atoms with E-state index in [1.807, 2.05) is 55.5 Å². The minimum Gasteiger partial charge on any atom is -0.479 e. The number of nitrogens with one attached hydrogen (secondary N) is 1. The van der Waals surface area contributed by atoms with Gasteiger partial charge in [-0.1, -0.05) is 31.2 Å². The molecule has 1 unspecified atom stereocenters. The van der Waals surface area contributed by atoms with Crippen LogP contribution >= 0.6 is 0 Å². The Labute approximate surface area is 163 Å². The molecule has 0 amide bonds. The number of ether oxygens (including phenoxy) is 1. The molecule has 0 saturated carbocycles. The van der Waals surface area contributed by atoms with Crippen LogP contribution in [0, 0.1) is 11.3 Å². The van der Waals surface area contributed by atoms with Gasteiger partial charge in [0.1, 0.15) is 11.5 Å². The number of hydrogen-bond acceptors (Lipinski definition) is 4. The summed E-state index contributed by atoms with van der Waals surface area (Å²) in [5, 5.41) is 21.7. The molecule has 0 spiro atoms. The van der Waals surface area contributed by atoms with Crippen molar-refractivity contribution in [3.8, 4) is 17.6 Å². The van der Waals surface area contributed by atoms with E-state index < -0.39 is 12.0 Å². The highest BCUT2D eigenvalue weighted by atomic mass is 16.5. The number of aliphatic carboxylic acids is 1. The number of carbonyl (C=O) groups is 1. The number of aryl methyl sites for hydroxylation is 1. The largest absolute Gasteiger partial charge is 0.479 e. The highest BCUT2D eigenvalue weighted by molar-refractivity contribution is 5.79. The maximum Gasteiger partial charge on any atom is 0.330 e. The van der Waals surface area contributed by atoms with Gasteiger partial charge in [-0.3, -0.25) is 0 Å². The summed E-state index contributed by atoms with van der Waals surface area (Å²) in [6.07, 6.45) is 0.752. The van der Waals surface area contributed by atoms with Crippen LogP contribution in [0.15, 0.2) is 72.8 Å². The first-order valence-electron chi connectivity index (χ1n) is 8.95. The summed E-state index contributed by atoms with van der Waals surface area (Å²) in [4.78, 5) is 11.9. The highest BCUT2D eigenvalue weighted by Crippen LogP contribution is 2.29. The Bertz CT molecular complexity index is 993. The topological polar surface area (TPSA) is 82.3 Å². The number of rotatable bonds is 7. The third-order valence-corrected chi connectivity index (χ3v) is 4.28. The van der Waals surface area contributed by atoms with Gasteiger partial charge in [0.15, 0.2) is 6.04 Å². The van der Waals surface area contributed by atoms with Crippen molar-refractivity contribution in [2.75, 3.05) is 5.32 Å². The highest BCUT2D eigenvalue weighted by Gasteiger charge is 2.21. The molecule has 140 valence electrons. The second-order valence-electron chi connectivity index (χ2n) is 6.28. The Morgan fingerprint density at radius 1 is 1.07 bits per heavy atom. The van der Waals surface area contributed by atoms with E-state index in [4.69, 9.17) is 10.00 Å². The van der Waals surface area contributed by atoms with Crippen LogP contribution in [0.1, 0.15) is 29.7 Å². The van der Waals surface area contributed by atoms with Gasteiger partial charge >= 0.3 is 5.97 Å². The van der Waals surface area contributed by atoms with E-state index in [-0.39, 0.29) is 0 Å². The summed E-state index contributed by atoms with van der Waals surface area (Å²) in [5.41, 5.74) is 2.72. The molecule has 3 aromatic carbocycles. The molecule has 0 bridgehead atoms. The number of nitrogens with zero attached hydrogens (tertiary/aromatic N) is 1. The zero-order chi connectivity index (χ0) is 19.9. The van der Waals surface area contributed by atoms with Crippen molar-refractivity contribution >= 4 is 11.7 Å². The molecule has 0 aliphatic heterocycles. The second-order valence-corrected chi connectivity index (χ2v) is 6.28. The van der Waals surface area contributed by atoms with Crippen LogP contribution in [0.5, 0.6) is 11.5 Å². The maximum absolute atomic E-state index is 11.9. The van der Waals surface area contributed by atoms with Crippen LogP contribution in [0.25, 0.3) is 0 Å². The van der Waals surface area contributed by atoms with Gasteiger partial charge in [0.2, 0.25) is 0 Å². The van der Waals surface area contributed by atoms with Gasteiger partial charge in [-0.05, 0) is 66.1 Å². The average Bonchev–Trinajstić information content (AvgIpc) is 2.72. The Kier molecular flexibility index (Phi) is 5.93. The fourth-order valence-electron chi connectivity index (χ4n) is 2.84. The minimum atomic E-state index is -0.997. The molecule has 0 aliphatic rings. The Morgan fingerprint density at radius 3 is 2.39 bits per heavy atom. The lowest BCUT2D eigenvalue weighted by Gasteiger charge is -2.18. The van der Waals surface area contributed by atoms with Gasteiger partial charge in [-0.2, -0.15) is 5.26 Å². The van der Waals surface area contributed by atoms with E-state index in [0.29, 0.717) is 28.3 Å². The third kappa shape index (κ3) is 4.68. The van der Waals surface area contributed by atoms with Crippen LogP contribution in [0.4, 0.5) is 5.69 Å². The van der Waals surface area contributed by atoms with E-state index in [1.54, 1.807) is 30.3 Å². The Balaban J connectivity index is 1.91. The van der Waals surface area contributed by atoms with Crippen molar-refractivity contribution < 1.29 is 14.6 Å². The third-order valence-electron chi connectivity index (χ3n) is 4.28. The lowest BCUT2D eigenvalue weighted by Crippen LogP contribution is -2.20. The molecule has 0 fully saturated rings. The zero-order valence-corrected chi connectivity index (χ0v) is 15.4. The van der Waals surface area contributed by atoms with Crippen LogP contribution in [-0.4, -0.2) is 11.1 Å². The fourth-order valence-corrected chi connectivity index (χ4v) is 2.84. The van der Waals surface area contributed by atoms with Gasteiger partial charge in [0.05, 0.1) is 11.6 Å². The van der Waals surface area contributed by atoms with Gasteiger partial charge < -0.3 is 15.2 Å². The predicted octanol–water partition coefficient (Wildman–Crippen LogP) is 5.15. The summed E-state index contributed by atoms with van der Waals surface area (Å²) in [7, 11) is 0. The summed E-state index contributed by atoms with van der Waals surface area (Å²) in [5.74, 6) is 0.283. The SMILES string of the molecule is CCc1cc(Oc2ccccc2)cc(C(Nc2ccc(C#N)cc2)C(=O)O)c1. The Morgan fingerprint density at radius 2 is 1.79 bits per heavy atom. The number of anilines is 1. The number of para-hydroxylation sites is 1. The van der Waals surface area contributed by atoms with Crippen molar-refractivity contribution in [2.45, 2.75) is 19.4 Å². The first-order chi connectivity index (χ1) is 13.6. The van der Waals surface area contributed by atoms with Crippen LogP contribution in [0.3, 0.4) is 0 Å². The van der Waals surface area contributed by atoms with E-state index in [2.05, 4.69) is 5.32 Å². The molecule has 3 aromatic rings. The molecule has 5 heteroatoms. The number of benzene rings is 3. The summed E-state index contributed by atoms with van der Waals surface area (Å²) in [6, 6.07) is 22.7. The molecule has 2 N–H and O–H groups in total. The predicted molar refractivity (Wildman–Crippen MR) is 107 cm³/mol. The van der Waals surface area contributed by atoms with Crippen LogP contribution in [0.2, 0.25) is 0 Å². The second kappa shape index (κ2) is 8.74. The van der Waals surface area contributed by atoms with Crippen LogP contribution in [-0.2, 0) is 11.2 Å². The molecule has 0 radical (unpaired) electrons. The van der Waals surface area contributed by atoms with E-state index in [9.17, 15) is 9.90 Å². The summed E-state index contributed by atoms with van der Waals surface area (Å²) >= 11 is 0. The zero-order valence-electron chi connectivity index (χ0n) is 15.4. The molecule has 28 heavy (non-hydrogen) atoms. The normalized spacial score (nSPS) is 11.3. The summed E-state index contributed by atoms with van der Waals surface area (Å²) in [6.45, 7) is 2.01. The molecule has 0 aliphatic carbocycles. The van der Waals surface area contributed by atoms with Crippen molar-refractivity contribution in [3.63, 3.8) is 0 Å². The van der Waals surface area contributed by atoms with Crippen LogP contribution < -0.4 is 10.1 Å². The van der Waals surface area contributed by atoms with Gasteiger partial charge in [0, 0.05) is 5.69 Å². The van der Waals surface area contributed by atoms with E-state index >= 15 is 0 Å². The van der Waals surface area contributed by atoms with Gasteiger partial charge in [0.25, 0.3) is 0 Å². The number of carboxylic acids is 1. The van der Waals surface area contributed by atoms with Crippen molar-refractivity contribution in [1.29, 1.82) is 5.26 Å². The first kappa shape index (κ1) is 19.0. The molecule has 0 heterocycles. The van der Waals surface area contributed by atoms with Crippen molar-refractivity contribution in [2.24, 2.45) is 0 Å². The number of nitriles is 1. The molecule has 3 rings (SSSR count). The van der Waals surface area contributed by atoms with E-state index in [0.717, 1.165) is 12.0 Å².